The molecule has 5 heteroatoms. The molecule has 1 N–H and O–H groups in total. The van der Waals surface area contributed by atoms with Gasteiger partial charge >= 0.3 is 0 Å². The van der Waals surface area contributed by atoms with Crippen LogP contribution in [0, 0.1) is 0 Å². The summed E-state index contributed by atoms with van der Waals surface area (Å²) >= 11 is 1.28. The van der Waals surface area contributed by atoms with Crippen molar-refractivity contribution in [1.29, 1.82) is 0 Å². The third kappa shape index (κ3) is 3.58. The van der Waals surface area contributed by atoms with E-state index < -0.39 is 0 Å². The molecule has 15 heavy (non-hydrogen) atoms. The SMILES string of the molecule is CC(C)=CCCN1C(=O)SC[C@H]1/C=N/O. The summed E-state index contributed by atoms with van der Waals surface area (Å²) in [6.07, 6.45) is 4.37. The van der Waals surface area contributed by atoms with E-state index in [1.54, 1.807) is 4.90 Å². The summed E-state index contributed by atoms with van der Waals surface area (Å²) in [4.78, 5) is 13.2. The van der Waals surface area contributed by atoms with E-state index in [1.165, 1.54) is 23.5 Å². The molecule has 1 aliphatic rings. The molecule has 1 atom stereocenters. The molecule has 1 heterocycles. The molecule has 4 nitrogen and oxygen atoms in total. The van der Waals surface area contributed by atoms with Crippen molar-refractivity contribution in [3.8, 4) is 0 Å². The van der Waals surface area contributed by atoms with Crippen LogP contribution >= 0.6 is 11.8 Å². The standard InChI is InChI=1S/C10H16N2O2S/c1-8(2)4-3-5-12-9(6-11-14)7-15-10(12)13/h4,6,9,14H,3,5,7H2,1-2H3/b11-6+/t9-/m1/s1. The Balaban J connectivity index is 2.49. The second-order valence-electron chi connectivity index (χ2n) is 3.67. The van der Waals surface area contributed by atoms with Gasteiger partial charge in [-0.25, -0.2) is 0 Å². The Kier molecular flexibility index (Phi) is 4.68. The highest BCUT2D eigenvalue weighted by Crippen LogP contribution is 2.23. The van der Waals surface area contributed by atoms with E-state index in [-0.39, 0.29) is 11.3 Å². The van der Waals surface area contributed by atoms with Crippen molar-refractivity contribution < 1.29 is 10.0 Å². The minimum Gasteiger partial charge on any atom is -0.411 e. The maximum absolute atomic E-state index is 11.5. The lowest BCUT2D eigenvalue weighted by Gasteiger charge is -2.19. The second kappa shape index (κ2) is 5.80. The van der Waals surface area contributed by atoms with Gasteiger partial charge < -0.3 is 10.1 Å². The minimum absolute atomic E-state index is 0.0573. The molecule has 1 amide bonds. The smallest absolute Gasteiger partial charge is 0.282 e. The molecule has 0 saturated carbocycles. The number of hydrogen-bond acceptors (Lipinski definition) is 4. The normalized spacial score (nSPS) is 21.3. The number of thioether (sulfide) groups is 1. The lowest BCUT2D eigenvalue weighted by atomic mass is 10.2. The maximum Gasteiger partial charge on any atom is 0.282 e. The molecular weight excluding hydrogens is 212 g/mol. The molecule has 1 aliphatic heterocycles. The largest absolute Gasteiger partial charge is 0.411 e. The Morgan fingerprint density at radius 3 is 3.07 bits per heavy atom. The van der Waals surface area contributed by atoms with E-state index in [2.05, 4.69) is 11.2 Å². The van der Waals surface area contributed by atoms with Gasteiger partial charge in [0.2, 0.25) is 0 Å². The van der Waals surface area contributed by atoms with E-state index in [4.69, 9.17) is 5.21 Å². The quantitative estimate of drug-likeness (QED) is 0.348. The fraction of sp³-hybridized carbons (Fsp3) is 0.600. The van der Waals surface area contributed by atoms with Gasteiger partial charge in [0.15, 0.2) is 0 Å². The Labute approximate surface area is 94.0 Å². The van der Waals surface area contributed by atoms with Crippen molar-refractivity contribution in [2.75, 3.05) is 12.3 Å². The Morgan fingerprint density at radius 1 is 1.73 bits per heavy atom. The van der Waals surface area contributed by atoms with Gasteiger partial charge in [-0.05, 0) is 20.3 Å². The molecule has 0 radical (unpaired) electrons. The van der Waals surface area contributed by atoms with Crippen LogP contribution in [0.3, 0.4) is 0 Å². The van der Waals surface area contributed by atoms with E-state index in [0.29, 0.717) is 12.3 Å². The van der Waals surface area contributed by atoms with Crippen LogP contribution in [-0.4, -0.2) is 39.9 Å². The zero-order valence-corrected chi connectivity index (χ0v) is 9.83. The first kappa shape index (κ1) is 12.1. The predicted molar refractivity (Wildman–Crippen MR) is 62.7 cm³/mol. The predicted octanol–water partition coefficient (Wildman–Crippen LogP) is 2.34. The van der Waals surface area contributed by atoms with Gasteiger partial charge in [0.1, 0.15) is 0 Å². The first-order chi connectivity index (χ1) is 7.15. The molecule has 1 rings (SSSR count). The number of oxime groups is 1. The summed E-state index contributed by atoms with van der Waals surface area (Å²) in [5.41, 5.74) is 1.25. The number of hydrogen-bond donors (Lipinski definition) is 1. The molecule has 0 aromatic carbocycles. The number of carbonyl (C=O) groups is 1. The summed E-state index contributed by atoms with van der Waals surface area (Å²) in [7, 11) is 0. The summed E-state index contributed by atoms with van der Waals surface area (Å²) in [6, 6.07) is -0.0573. The van der Waals surface area contributed by atoms with Gasteiger partial charge in [-0.3, -0.25) is 4.79 Å². The van der Waals surface area contributed by atoms with Crippen LogP contribution in [0.1, 0.15) is 20.3 Å². The fourth-order valence-corrected chi connectivity index (χ4v) is 2.39. The van der Waals surface area contributed by atoms with Crippen LogP contribution in [0.15, 0.2) is 16.8 Å². The average Bonchev–Trinajstić information content (AvgIpc) is 2.50. The third-order valence-corrected chi connectivity index (χ3v) is 3.16. The highest BCUT2D eigenvalue weighted by molar-refractivity contribution is 8.13. The second-order valence-corrected chi connectivity index (χ2v) is 4.64. The molecule has 0 unspecified atom stereocenters. The van der Waals surface area contributed by atoms with Crippen LogP contribution in [0.25, 0.3) is 0 Å². The van der Waals surface area contributed by atoms with Crippen LogP contribution in [0.4, 0.5) is 4.79 Å². The molecule has 0 aromatic rings. The third-order valence-electron chi connectivity index (χ3n) is 2.17. The fourth-order valence-electron chi connectivity index (χ4n) is 1.41. The monoisotopic (exact) mass is 228 g/mol. The summed E-state index contributed by atoms with van der Waals surface area (Å²) < 4.78 is 0. The van der Waals surface area contributed by atoms with Crippen molar-refractivity contribution in [1.82, 2.24) is 4.90 Å². The van der Waals surface area contributed by atoms with Crippen LogP contribution < -0.4 is 0 Å². The van der Waals surface area contributed by atoms with Gasteiger partial charge in [0.25, 0.3) is 5.24 Å². The number of rotatable bonds is 4. The van der Waals surface area contributed by atoms with Crippen molar-refractivity contribution >= 4 is 23.2 Å². The molecule has 0 spiro atoms. The lowest BCUT2D eigenvalue weighted by molar-refractivity contribution is 0.223. The minimum atomic E-state index is -0.0573. The van der Waals surface area contributed by atoms with Crippen LogP contribution in [0.2, 0.25) is 0 Å². The van der Waals surface area contributed by atoms with Gasteiger partial charge in [0, 0.05) is 12.3 Å². The van der Waals surface area contributed by atoms with Crippen molar-refractivity contribution in [3.63, 3.8) is 0 Å². The summed E-state index contributed by atoms with van der Waals surface area (Å²) in [5, 5.41) is 11.5. The number of amides is 1. The van der Waals surface area contributed by atoms with Gasteiger partial charge in [-0.15, -0.1) is 0 Å². The molecule has 84 valence electrons. The molecule has 1 saturated heterocycles. The highest BCUT2D eigenvalue weighted by Gasteiger charge is 2.29. The zero-order valence-electron chi connectivity index (χ0n) is 9.01. The van der Waals surface area contributed by atoms with Gasteiger partial charge in [0.05, 0.1) is 12.3 Å². The molecular formula is C10H16N2O2S. The van der Waals surface area contributed by atoms with Crippen molar-refractivity contribution in [2.45, 2.75) is 26.3 Å². The zero-order chi connectivity index (χ0) is 11.3. The first-order valence-electron chi connectivity index (χ1n) is 4.89. The van der Waals surface area contributed by atoms with E-state index >= 15 is 0 Å². The highest BCUT2D eigenvalue weighted by atomic mass is 32.2. The summed E-state index contributed by atoms with van der Waals surface area (Å²) in [5.74, 6) is 0.678. The Hall–Kier alpha value is -0.970. The number of allylic oxidation sites excluding steroid dienone is 1. The van der Waals surface area contributed by atoms with Crippen molar-refractivity contribution in [2.24, 2.45) is 5.16 Å². The van der Waals surface area contributed by atoms with Gasteiger partial charge in [-0.2, -0.15) is 0 Å². The molecule has 1 fully saturated rings. The molecule has 0 bridgehead atoms. The Morgan fingerprint density at radius 2 is 2.47 bits per heavy atom. The maximum atomic E-state index is 11.5. The van der Waals surface area contributed by atoms with Crippen molar-refractivity contribution in [3.05, 3.63) is 11.6 Å². The topological polar surface area (TPSA) is 52.9 Å². The van der Waals surface area contributed by atoms with Gasteiger partial charge in [-0.1, -0.05) is 28.6 Å². The summed E-state index contributed by atoms with van der Waals surface area (Å²) in [6.45, 7) is 4.76. The molecule has 0 aliphatic carbocycles. The lowest BCUT2D eigenvalue weighted by Crippen LogP contribution is -2.35. The van der Waals surface area contributed by atoms with Crippen LogP contribution in [-0.2, 0) is 0 Å². The number of carbonyl (C=O) groups excluding carboxylic acids is 1. The van der Waals surface area contributed by atoms with E-state index in [0.717, 1.165) is 6.42 Å². The van der Waals surface area contributed by atoms with Crippen LogP contribution in [0.5, 0.6) is 0 Å². The molecule has 0 aromatic heterocycles. The van der Waals surface area contributed by atoms with E-state index in [1.807, 2.05) is 13.8 Å². The average molecular weight is 228 g/mol. The number of nitrogens with zero attached hydrogens (tertiary/aromatic N) is 2. The Bertz CT molecular complexity index is 285. The van der Waals surface area contributed by atoms with E-state index in [9.17, 15) is 4.79 Å². The first-order valence-corrected chi connectivity index (χ1v) is 5.88.